The molecule has 0 saturated carbocycles. The molecule has 5 nitrogen and oxygen atoms in total. The molecule has 2 aromatic heterocycles. The number of fused-ring (bicyclic) bond motifs is 1. The summed E-state index contributed by atoms with van der Waals surface area (Å²) in [5.74, 6) is 0. The molecule has 0 atom stereocenters. The first-order valence-electron chi connectivity index (χ1n) is 8.19. The lowest BCUT2D eigenvalue weighted by Gasteiger charge is -2.07. The highest BCUT2D eigenvalue weighted by atomic mass is 79.9. The molecular formula is C20H16BrN3O2. The van der Waals surface area contributed by atoms with Crippen LogP contribution in [0.2, 0.25) is 0 Å². The maximum absolute atomic E-state index is 13.0. The third-order valence-electron chi connectivity index (χ3n) is 4.33. The van der Waals surface area contributed by atoms with E-state index in [1.165, 1.54) is 0 Å². The predicted octanol–water partition coefficient (Wildman–Crippen LogP) is 3.47. The summed E-state index contributed by atoms with van der Waals surface area (Å²) in [7, 11) is 0. The molecule has 0 saturated heterocycles. The molecule has 6 heteroatoms. The lowest BCUT2D eigenvalue weighted by Crippen LogP contribution is -2.22. The standard InChI is InChI=1S/C20H16BrN3O2/c21-16-8-6-14(7-9-16)12-23-10-11-24-19(20(23)26)17(13-25)18(22-24)15-4-2-1-3-5-15/h1-11,25H,12-13H2. The summed E-state index contributed by atoms with van der Waals surface area (Å²) >= 11 is 3.41. The fraction of sp³-hybridized carbons (Fsp3) is 0.100. The summed E-state index contributed by atoms with van der Waals surface area (Å²) in [6.07, 6.45) is 3.47. The molecule has 0 amide bonds. The van der Waals surface area contributed by atoms with E-state index in [1.54, 1.807) is 21.5 Å². The van der Waals surface area contributed by atoms with Gasteiger partial charge in [-0.15, -0.1) is 0 Å². The molecule has 1 N–H and O–H groups in total. The van der Waals surface area contributed by atoms with Crippen molar-refractivity contribution in [3.8, 4) is 11.3 Å². The van der Waals surface area contributed by atoms with Crippen LogP contribution in [0, 0.1) is 0 Å². The van der Waals surface area contributed by atoms with Crippen molar-refractivity contribution < 1.29 is 5.11 Å². The Labute approximate surface area is 158 Å². The monoisotopic (exact) mass is 409 g/mol. The van der Waals surface area contributed by atoms with Gasteiger partial charge in [-0.3, -0.25) is 4.79 Å². The normalized spacial score (nSPS) is 11.2. The lowest BCUT2D eigenvalue weighted by molar-refractivity contribution is 0.283. The van der Waals surface area contributed by atoms with E-state index in [0.29, 0.717) is 23.3 Å². The van der Waals surface area contributed by atoms with Gasteiger partial charge in [-0.1, -0.05) is 58.4 Å². The fourth-order valence-corrected chi connectivity index (χ4v) is 3.30. The van der Waals surface area contributed by atoms with Gasteiger partial charge >= 0.3 is 0 Å². The predicted molar refractivity (Wildman–Crippen MR) is 104 cm³/mol. The Balaban J connectivity index is 1.84. The first-order chi connectivity index (χ1) is 12.7. The van der Waals surface area contributed by atoms with Crippen LogP contribution >= 0.6 is 15.9 Å². The van der Waals surface area contributed by atoms with Gasteiger partial charge in [0.05, 0.1) is 18.8 Å². The molecule has 26 heavy (non-hydrogen) atoms. The summed E-state index contributed by atoms with van der Waals surface area (Å²) in [6.45, 7) is 0.213. The SMILES string of the molecule is O=c1c2c(CO)c(-c3ccccc3)nn2ccn1Cc1ccc(Br)cc1. The van der Waals surface area contributed by atoms with E-state index >= 15 is 0 Å². The third kappa shape index (κ3) is 2.98. The average molecular weight is 410 g/mol. The van der Waals surface area contributed by atoms with Gasteiger partial charge in [-0.2, -0.15) is 5.10 Å². The van der Waals surface area contributed by atoms with Gasteiger partial charge in [0, 0.05) is 28.0 Å². The first kappa shape index (κ1) is 16.8. The molecule has 2 heterocycles. The molecule has 0 radical (unpaired) electrons. The third-order valence-corrected chi connectivity index (χ3v) is 4.86. The van der Waals surface area contributed by atoms with E-state index in [1.807, 2.05) is 54.6 Å². The number of aromatic nitrogens is 3. The molecule has 130 valence electrons. The zero-order chi connectivity index (χ0) is 18.1. The molecule has 0 bridgehead atoms. The Morgan fingerprint density at radius 1 is 1.00 bits per heavy atom. The first-order valence-corrected chi connectivity index (χ1v) is 8.98. The Morgan fingerprint density at radius 3 is 2.42 bits per heavy atom. The Morgan fingerprint density at radius 2 is 1.73 bits per heavy atom. The van der Waals surface area contributed by atoms with Gasteiger partial charge < -0.3 is 9.67 Å². The maximum Gasteiger partial charge on any atom is 0.277 e. The van der Waals surface area contributed by atoms with Crippen LogP contribution in [-0.4, -0.2) is 19.3 Å². The zero-order valence-corrected chi connectivity index (χ0v) is 15.4. The summed E-state index contributed by atoms with van der Waals surface area (Å²) in [5.41, 5.74) is 3.31. The van der Waals surface area contributed by atoms with Crippen LogP contribution in [0.1, 0.15) is 11.1 Å². The van der Waals surface area contributed by atoms with E-state index in [0.717, 1.165) is 15.6 Å². The van der Waals surface area contributed by atoms with Crippen LogP contribution in [0.3, 0.4) is 0 Å². The minimum atomic E-state index is -0.245. The molecule has 0 spiro atoms. The van der Waals surface area contributed by atoms with Crippen molar-refractivity contribution in [2.75, 3.05) is 0 Å². The number of hydrogen-bond acceptors (Lipinski definition) is 3. The highest BCUT2D eigenvalue weighted by molar-refractivity contribution is 9.10. The Kier molecular flexibility index (Phi) is 4.44. The summed E-state index contributed by atoms with van der Waals surface area (Å²) in [4.78, 5) is 13.0. The molecule has 4 aromatic rings. The number of aliphatic hydroxyl groups is 1. The van der Waals surface area contributed by atoms with Crippen LogP contribution in [0.4, 0.5) is 0 Å². The van der Waals surface area contributed by atoms with Gasteiger partial charge in [-0.25, -0.2) is 4.52 Å². The molecular weight excluding hydrogens is 394 g/mol. The smallest absolute Gasteiger partial charge is 0.277 e. The molecule has 0 aliphatic heterocycles. The van der Waals surface area contributed by atoms with Crippen molar-refractivity contribution in [2.24, 2.45) is 0 Å². The van der Waals surface area contributed by atoms with Crippen LogP contribution in [-0.2, 0) is 13.2 Å². The van der Waals surface area contributed by atoms with E-state index in [9.17, 15) is 9.90 Å². The molecule has 0 aliphatic carbocycles. The van der Waals surface area contributed by atoms with Gasteiger partial charge in [-0.05, 0) is 17.7 Å². The fourth-order valence-electron chi connectivity index (χ4n) is 3.04. The maximum atomic E-state index is 13.0. The molecule has 2 aromatic carbocycles. The van der Waals surface area contributed by atoms with Crippen LogP contribution < -0.4 is 5.56 Å². The summed E-state index contributed by atoms with van der Waals surface area (Å²) in [6, 6.07) is 17.4. The van der Waals surface area contributed by atoms with Crippen molar-refractivity contribution in [3.05, 3.63) is 92.9 Å². The van der Waals surface area contributed by atoms with E-state index in [2.05, 4.69) is 21.0 Å². The number of nitrogens with zero attached hydrogens (tertiary/aromatic N) is 3. The topological polar surface area (TPSA) is 59.5 Å². The molecule has 0 unspecified atom stereocenters. The van der Waals surface area contributed by atoms with Crippen molar-refractivity contribution in [3.63, 3.8) is 0 Å². The minimum absolute atomic E-state index is 0.172. The second kappa shape index (κ2) is 6.90. The van der Waals surface area contributed by atoms with E-state index < -0.39 is 0 Å². The van der Waals surface area contributed by atoms with Crippen LogP contribution in [0.15, 0.2) is 76.3 Å². The Hall–Kier alpha value is -2.70. The number of rotatable bonds is 4. The number of benzene rings is 2. The second-order valence-corrected chi connectivity index (χ2v) is 6.92. The van der Waals surface area contributed by atoms with Crippen LogP contribution in [0.25, 0.3) is 16.8 Å². The lowest BCUT2D eigenvalue weighted by atomic mass is 10.1. The molecule has 0 aliphatic rings. The quantitative estimate of drug-likeness (QED) is 0.561. The minimum Gasteiger partial charge on any atom is -0.392 e. The zero-order valence-electron chi connectivity index (χ0n) is 13.8. The van der Waals surface area contributed by atoms with Gasteiger partial charge in [0.2, 0.25) is 0 Å². The highest BCUT2D eigenvalue weighted by Gasteiger charge is 2.17. The number of halogens is 1. The van der Waals surface area contributed by atoms with E-state index in [4.69, 9.17) is 0 Å². The van der Waals surface area contributed by atoms with Gasteiger partial charge in [0.15, 0.2) is 0 Å². The summed E-state index contributed by atoms with van der Waals surface area (Å²) in [5, 5.41) is 14.4. The molecule has 4 rings (SSSR count). The van der Waals surface area contributed by atoms with Crippen molar-refractivity contribution in [1.82, 2.24) is 14.2 Å². The van der Waals surface area contributed by atoms with Crippen molar-refractivity contribution >= 4 is 21.4 Å². The number of aliphatic hydroxyl groups excluding tert-OH is 1. The van der Waals surface area contributed by atoms with Gasteiger partial charge in [0.25, 0.3) is 5.56 Å². The van der Waals surface area contributed by atoms with Crippen LogP contribution in [0.5, 0.6) is 0 Å². The molecule has 0 fully saturated rings. The second-order valence-electron chi connectivity index (χ2n) is 6.00. The van der Waals surface area contributed by atoms with Gasteiger partial charge in [0.1, 0.15) is 5.52 Å². The van der Waals surface area contributed by atoms with Crippen molar-refractivity contribution in [1.29, 1.82) is 0 Å². The number of hydrogen-bond donors (Lipinski definition) is 1. The average Bonchev–Trinajstić information content (AvgIpc) is 3.06. The van der Waals surface area contributed by atoms with E-state index in [-0.39, 0.29) is 12.2 Å². The Bertz CT molecular complexity index is 1120. The summed E-state index contributed by atoms with van der Waals surface area (Å²) < 4.78 is 4.18. The van der Waals surface area contributed by atoms with Crippen molar-refractivity contribution in [2.45, 2.75) is 13.2 Å². The largest absolute Gasteiger partial charge is 0.392 e. The highest BCUT2D eigenvalue weighted by Crippen LogP contribution is 2.24.